The van der Waals surface area contributed by atoms with Crippen LogP contribution in [0.4, 0.5) is 0 Å². The van der Waals surface area contributed by atoms with E-state index in [-0.39, 0.29) is 12.2 Å². The molecule has 1 atom stereocenters. The molecule has 0 aliphatic carbocycles. The highest BCUT2D eigenvalue weighted by Gasteiger charge is 2.33. The second-order valence-electron chi connectivity index (χ2n) is 11.2. The highest BCUT2D eigenvalue weighted by molar-refractivity contribution is 7.07. The van der Waals surface area contributed by atoms with Crippen molar-refractivity contribution >= 4 is 23.4 Å². The summed E-state index contributed by atoms with van der Waals surface area (Å²) in [7, 11) is 1.59. The van der Waals surface area contributed by atoms with Crippen LogP contribution in [0.15, 0.2) is 119 Å². The van der Waals surface area contributed by atoms with E-state index in [1.807, 2.05) is 83.7 Å². The summed E-state index contributed by atoms with van der Waals surface area (Å²) in [6.45, 7) is 8.24. The maximum atomic E-state index is 14.3. The van der Waals surface area contributed by atoms with E-state index in [1.54, 1.807) is 30.7 Å². The van der Waals surface area contributed by atoms with E-state index in [9.17, 15) is 9.59 Å². The number of esters is 1. The first-order chi connectivity index (χ1) is 23.4. The van der Waals surface area contributed by atoms with Crippen molar-refractivity contribution in [3.8, 4) is 28.4 Å². The van der Waals surface area contributed by atoms with Crippen LogP contribution in [-0.4, -0.2) is 40.6 Å². The minimum absolute atomic E-state index is 0.0371. The van der Waals surface area contributed by atoms with E-state index < -0.39 is 12.0 Å². The Morgan fingerprint density at radius 2 is 1.75 bits per heavy atom. The Bertz CT molecular complexity index is 2140. The summed E-state index contributed by atoms with van der Waals surface area (Å²) in [5.74, 6) is 0.895. The molecular weight excluding hydrogens is 625 g/mol. The van der Waals surface area contributed by atoms with Gasteiger partial charge in [0.15, 0.2) is 4.80 Å². The van der Waals surface area contributed by atoms with Crippen LogP contribution in [0.2, 0.25) is 0 Å². The zero-order valence-corrected chi connectivity index (χ0v) is 27.9. The predicted molar refractivity (Wildman–Crippen MR) is 187 cm³/mol. The van der Waals surface area contributed by atoms with Crippen molar-refractivity contribution in [3.05, 3.63) is 140 Å². The van der Waals surface area contributed by atoms with E-state index in [0.29, 0.717) is 38.7 Å². The minimum Gasteiger partial charge on any atom is -0.497 e. The van der Waals surface area contributed by atoms with Crippen LogP contribution >= 0.6 is 11.3 Å². The standard InChI is InChI=1S/C38H36N4O5S/c1-5-7-22-46-31-19-13-26(14-20-31)34-28(24-41(40-34)29-11-9-8-10-12-29)23-32-36(43)42-35(27-15-17-30(45-4)18-16-27)33(37(44)47-21-6-2)25(3)39-38(42)48-32/h6,8-20,23-24,35H,2,5,7,21-22H2,1,3-4H3/b32-23+/t35-/m1/s1. The van der Waals surface area contributed by atoms with Crippen LogP contribution in [0.1, 0.15) is 43.9 Å². The summed E-state index contributed by atoms with van der Waals surface area (Å²) < 4.78 is 20.5. The van der Waals surface area contributed by atoms with Crippen LogP contribution in [0, 0.1) is 0 Å². The Labute approximate surface area is 282 Å². The van der Waals surface area contributed by atoms with Crippen molar-refractivity contribution < 1.29 is 19.0 Å². The van der Waals surface area contributed by atoms with Gasteiger partial charge < -0.3 is 14.2 Å². The average molecular weight is 661 g/mol. The first-order valence-electron chi connectivity index (χ1n) is 15.7. The fourth-order valence-corrected chi connectivity index (χ4v) is 6.55. The lowest BCUT2D eigenvalue weighted by Crippen LogP contribution is -2.39. The van der Waals surface area contributed by atoms with Crippen LogP contribution in [0.25, 0.3) is 23.0 Å². The summed E-state index contributed by atoms with van der Waals surface area (Å²) in [4.78, 5) is 32.9. The Morgan fingerprint density at radius 3 is 2.44 bits per heavy atom. The van der Waals surface area contributed by atoms with E-state index in [1.165, 1.54) is 17.4 Å². The summed E-state index contributed by atoms with van der Waals surface area (Å²) in [6, 6.07) is 24.2. The lowest BCUT2D eigenvalue weighted by atomic mass is 9.96. The van der Waals surface area contributed by atoms with E-state index in [0.717, 1.165) is 41.0 Å². The fraction of sp³-hybridized carbons (Fsp3) is 0.211. The van der Waals surface area contributed by atoms with Gasteiger partial charge in [0.2, 0.25) is 0 Å². The molecule has 244 valence electrons. The molecule has 0 saturated heterocycles. The number of carbonyl (C=O) groups is 1. The number of rotatable bonds is 12. The molecule has 1 aliphatic heterocycles. The number of allylic oxidation sites excluding steroid dienone is 1. The molecule has 0 amide bonds. The van der Waals surface area contributed by atoms with Crippen molar-refractivity contribution in [2.45, 2.75) is 32.7 Å². The number of aromatic nitrogens is 3. The molecule has 0 unspecified atom stereocenters. The lowest BCUT2D eigenvalue weighted by molar-refractivity contribution is -0.138. The molecule has 9 nitrogen and oxygen atoms in total. The van der Waals surface area contributed by atoms with Gasteiger partial charge >= 0.3 is 5.97 Å². The number of para-hydroxylation sites is 1. The first kappa shape index (κ1) is 32.5. The maximum Gasteiger partial charge on any atom is 0.338 e. The molecule has 3 aromatic carbocycles. The number of methoxy groups -OCH3 is 1. The van der Waals surface area contributed by atoms with Crippen LogP contribution in [0.5, 0.6) is 11.5 Å². The van der Waals surface area contributed by atoms with Gasteiger partial charge in [0.1, 0.15) is 23.8 Å². The SMILES string of the molecule is C=CCOC(=O)C1=C(C)N=c2s/c(=C/c3cn(-c4ccccc4)nc3-c3ccc(OCCCC)cc3)c(=O)n2[C@@H]1c1ccc(OC)cc1. The Balaban J connectivity index is 1.49. The molecule has 0 N–H and O–H groups in total. The molecule has 0 radical (unpaired) electrons. The molecule has 2 aromatic heterocycles. The lowest BCUT2D eigenvalue weighted by Gasteiger charge is -2.24. The quantitative estimate of drug-likeness (QED) is 0.0925. The van der Waals surface area contributed by atoms with Gasteiger partial charge in [-0.1, -0.05) is 67.7 Å². The molecule has 0 fully saturated rings. The van der Waals surface area contributed by atoms with Gasteiger partial charge in [-0.2, -0.15) is 5.10 Å². The number of hydrogen-bond acceptors (Lipinski definition) is 8. The third-order valence-corrected chi connectivity index (χ3v) is 8.93. The van der Waals surface area contributed by atoms with Gasteiger partial charge in [0.05, 0.1) is 41.2 Å². The second kappa shape index (κ2) is 14.5. The summed E-state index contributed by atoms with van der Waals surface area (Å²) in [5.41, 5.74) is 4.45. The molecule has 0 spiro atoms. The molecule has 0 saturated carbocycles. The third kappa shape index (κ3) is 6.65. The van der Waals surface area contributed by atoms with Crippen LogP contribution in [0.3, 0.4) is 0 Å². The summed E-state index contributed by atoms with van der Waals surface area (Å²) in [5, 5.41) is 4.95. The third-order valence-electron chi connectivity index (χ3n) is 7.95. The monoisotopic (exact) mass is 660 g/mol. The van der Waals surface area contributed by atoms with Gasteiger partial charge in [-0.15, -0.1) is 0 Å². The topological polar surface area (TPSA) is 96.9 Å². The maximum absolute atomic E-state index is 14.3. The number of thiazole rings is 1. The van der Waals surface area contributed by atoms with Gasteiger partial charge in [0, 0.05) is 17.3 Å². The summed E-state index contributed by atoms with van der Waals surface area (Å²) in [6.07, 6.45) is 7.31. The number of ether oxygens (including phenoxy) is 3. The zero-order valence-electron chi connectivity index (χ0n) is 27.1. The molecule has 0 bridgehead atoms. The Kier molecular flexibility index (Phi) is 9.82. The van der Waals surface area contributed by atoms with Gasteiger partial charge in [-0.3, -0.25) is 9.36 Å². The molecular formula is C38H36N4O5S. The van der Waals surface area contributed by atoms with Crippen molar-refractivity contribution in [1.82, 2.24) is 14.3 Å². The fourth-order valence-electron chi connectivity index (χ4n) is 5.51. The van der Waals surface area contributed by atoms with Gasteiger partial charge in [-0.05, 0) is 73.5 Å². The minimum atomic E-state index is -0.751. The predicted octanol–water partition coefficient (Wildman–Crippen LogP) is 6.00. The molecule has 1 aliphatic rings. The first-order valence-corrected chi connectivity index (χ1v) is 16.6. The largest absolute Gasteiger partial charge is 0.497 e. The Morgan fingerprint density at radius 1 is 1.02 bits per heavy atom. The number of carbonyl (C=O) groups excluding carboxylic acids is 1. The zero-order chi connectivity index (χ0) is 33.6. The van der Waals surface area contributed by atoms with Gasteiger partial charge in [0.25, 0.3) is 5.56 Å². The van der Waals surface area contributed by atoms with Crippen LogP contribution in [-0.2, 0) is 9.53 Å². The number of unbranched alkanes of at least 4 members (excludes halogenated alkanes) is 1. The summed E-state index contributed by atoms with van der Waals surface area (Å²) >= 11 is 1.26. The molecule has 3 heterocycles. The molecule has 6 rings (SSSR count). The van der Waals surface area contributed by atoms with Crippen molar-refractivity contribution in [2.24, 2.45) is 4.99 Å². The Hall–Kier alpha value is -5.48. The van der Waals surface area contributed by atoms with Crippen molar-refractivity contribution in [2.75, 3.05) is 20.3 Å². The average Bonchev–Trinajstić information content (AvgIpc) is 3.67. The smallest absolute Gasteiger partial charge is 0.338 e. The number of benzene rings is 3. The van der Waals surface area contributed by atoms with E-state index >= 15 is 0 Å². The highest BCUT2D eigenvalue weighted by atomic mass is 32.1. The normalized spacial score (nSPS) is 14.3. The van der Waals surface area contributed by atoms with Crippen molar-refractivity contribution in [3.63, 3.8) is 0 Å². The van der Waals surface area contributed by atoms with Gasteiger partial charge in [-0.25, -0.2) is 14.5 Å². The van der Waals surface area contributed by atoms with Crippen LogP contribution < -0.4 is 24.4 Å². The number of hydrogen-bond donors (Lipinski definition) is 0. The number of nitrogens with zero attached hydrogens (tertiary/aromatic N) is 4. The van der Waals surface area contributed by atoms with Crippen molar-refractivity contribution in [1.29, 1.82) is 0 Å². The van der Waals surface area contributed by atoms with E-state index in [4.69, 9.17) is 24.3 Å². The highest BCUT2D eigenvalue weighted by Crippen LogP contribution is 2.32. The van der Waals surface area contributed by atoms with E-state index in [2.05, 4.69) is 13.5 Å². The molecule has 48 heavy (non-hydrogen) atoms. The second-order valence-corrected chi connectivity index (χ2v) is 12.2. The molecule has 5 aromatic rings. The number of fused-ring (bicyclic) bond motifs is 1. The molecule has 10 heteroatoms.